The summed E-state index contributed by atoms with van der Waals surface area (Å²) in [6, 6.07) is 13.0. The predicted molar refractivity (Wildman–Crippen MR) is 85.4 cm³/mol. The van der Waals surface area contributed by atoms with Crippen molar-refractivity contribution in [2.24, 2.45) is 0 Å². The second-order valence-corrected chi connectivity index (χ2v) is 6.86. The Morgan fingerprint density at radius 1 is 1.24 bits per heavy atom. The van der Waals surface area contributed by atoms with Gasteiger partial charge in [-0.3, -0.25) is 0 Å². The molecule has 1 N–H and O–H groups in total. The first-order valence-corrected chi connectivity index (χ1v) is 8.32. The van der Waals surface area contributed by atoms with Crippen molar-refractivity contribution in [3.8, 4) is 0 Å². The summed E-state index contributed by atoms with van der Waals surface area (Å²) in [4.78, 5) is 1.31. The molecule has 0 amide bonds. The van der Waals surface area contributed by atoms with E-state index in [-0.39, 0.29) is 12.1 Å². The van der Waals surface area contributed by atoms with Crippen molar-refractivity contribution in [3.63, 3.8) is 0 Å². The number of tetrazole rings is 1. The van der Waals surface area contributed by atoms with Crippen molar-refractivity contribution in [2.45, 2.75) is 18.5 Å². The van der Waals surface area contributed by atoms with Crippen LogP contribution in [0.25, 0.3) is 0 Å². The minimum atomic E-state index is 0.149. The van der Waals surface area contributed by atoms with Gasteiger partial charge in [-0.25, -0.2) is 4.68 Å². The van der Waals surface area contributed by atoms with E-state index in [1.807, 2.05) is 4.68 Å². The number of nitrogens with one attached hydrogen (secondary N) is 1. The zero-order valence-corrected chi connectivity index (χ0v) is 13.4. The van der Waals surface area contributed by atoms with Gasteiger partial charge < -0.3 is 5.32 Å². The fourth-order valence-electron chi connectivity index (χ4n) is 2.68. The third-order valence-corrected chi connectivity index (χ3v) is 5.21. The number of anilines is 1. The minimum Gasteiger partial charge on any atom is -0.345 e. The summed E-state index contributed by atoms with van der Waals surface area (Å²) < 4.78 is 2.94. The predicted octanol–water partition coefficient (Wildman–Crippen LogP) is 3.64. The molecule has 2 atom stereocenters. The average Bonchev–Trinajstić information content (AvgIpc) is 3.18. The number of halogens is 1. The number of hydrogen-bond donors (Lipinski definition) is 1. The first-order chi connectivity index (χ1) is 10.3. The molecule has 3 heterocycles. The van der Waals surface area contributed by atoms with Crippen LogP contribution < -0.4 is 5.32 Å². The number of benzene rings is 1. The first-order valence-electron chi connectivity index (χ1n) is 6.64. The molecule has 7 heteroatoms. The van der Waals surface area contributed by atoms with E-state index in [1.165, 1.54) is 10.4 Å². The molecule has 5 nitrogen and oxygen atoms in total. The lowest BCUT2D eigenvalue weighted by molar-refractivity contribution is 0.426. The van der Waals surface area contributed by atoms with Crippen LogP contribution in [0.1, 0.15) is 28.9 Å². The Bertz CT molecular complexity index is 737. The molecule has 3 aromatic rings. The van der Waals surface area contributed by atoms with E-state index < -0.39 is 0 Å². The molecule has 2 unspecified atom stereocenters. The lowest BCUT2D eigenvalue weighted by Crippen LogP contribution is -2.27. The highest BCUT2D eigenvalue weighted by molar-refractivity contribution is 9.10. The molecule has 4 rings (SSSR count). The number of nitrogens with zero attached hydrogens (tertiary/aromatic N) is 4. The van der Waals surface area contributed by atoms with Crippen molar-refractivity contribution >= 4 is 33.2 Å². The lowest BCUT2D eigenvalue weighted by Gasteiger charge is -2.30. The van der Waals surface area contributed by atoms with E-state index >= 15 is 0 Å². The van der Waals surface area contributed by atoms with Crippen molar-refractivity contribution in [2.75, 3.05) is 5.32 Å². The highest BCUT2D eigenvalue weighted by atomic mass is 79.9. The van der Waals surface area contributed by atoms with Gasteiger partial charge in [0.15, 0.2) is 0 Å². The van der Waals surface area contributed by atoms with Gasteiger partial charge in [-0.15, -0.1) is 11.3 Å². The van der Waals surface area contributed by atoms with E-state index in [0.717, 1.165) is 16.8 Å². The average molecular weight is 362 g/mol. The van der Waals surface area contributed by atoms with Crippen LogP contribution in [0.3, 0.4) is 0 Å². The molecule has 1 aliphatic rings. The van der Waals surface area contributed by atoms with Gasteiger partial charge in [0.2, 0.25) is 5.95 Å². The van der Waals surface area contributed by atoms with E-state index in [4.69, 9.17) is 0 Å². The maximum Gasteiger partial charge on any atom is 0.244 e. The Balaban J connectivity index is 1.74. The summed E-state index contributed by atoms with van der Waals surface area (Å²) in [6.07, 6.45) is 0.931. The van der Waals surface area contributed by atoms with Gasteiger partial charge in [-0.2, -0.15) is 0 Å². The van der Waals surface area contributed by atoms with Crippen LogP contribution in [0, 0.1) is 0 Å². The summed E-state index contributed by atoms with van der Waals surface area (Å²) in [7, 11) is 0. The second-order valence-electron chi connectivity index (χ2n) is 4.96. The largest absolute Gasteiger partial charge is 0.345 e. The van der Waals surface area contributed by atoms with Gasteiger partial charge >= 0.3 is 0 Å². The molecular weight excluding hydrogens is 350 g/mol. The van der Waals surface area contributed by atoms with Gasteiger partial charge in [0.1, 0.15) is 0 Å². The van der Waals surface area contributed by atoms with Crippen LogP contribution in [0.2, 0.25) is 0 Å². The van der Waals surface area contributed by atoms with E-state index in [1.54, 1.807) is 11.3 Å². The molecule has 0 spiro atoms. The van der Waals surface area contributed by atoms with Crippen LogP contribution >= 0.6 is 27.3 Å². The molecule has 0 saturated carbocycles. The Kier molecular flexibility index (Phi) is 3.23. The summed E-state index contributed by atoms with van der Waals surface area (Å²) in [6.45, 7) is 0. The Hall–Kier alpha value is -1.73. The van der Waals surface area contributed by atoms with Crippen LogP contribution in [0.4, 0.5) is 5.95 Å². The second kappa shape index (κ2) is 5.23. The van der Waals surface area contributed by atoms with Crippen molar-refractivity contribution in [1.29, 1.82) is 0 Å². The first kappa shape index (κ1) is 13.0. The van der Waals surface area contributed by atoms with Gasteiger partial charge in [-0.1, -0.05) is 39.2 Å². The highest BCUT2D eigenvalue weighted by Crippen LogP contribution is 2.38. The maximum atomic E-state index is 4.14. The summed E-state index contributed by atoms with van der Waals surface area (Å²) in [5.41, 5.74) is 1.22. The normalized spacial score (nSPS) is 20.8. The molecule has 1 aliphatic heterocycles. The van der Waals surface area contributed by atoms with Gasteiger partial charge in [-0.05, 0) is 46.0 Å². The molecule has 2 aromatic heterocycles. The van der Waals surface area contributed by atoms with Gasteiger partial charge in [0.25, 0.3) is 0 Å². The monoisotopic (exact) mass is 361 g/mol. The molecule has 0 bridgehead atoms. The van der Waals surface area contributed by atoms with Gasteiger partial charge in [0.05, 0.1) is 12.1 Å². The third-order valence-electron chi connectivity index (χ3n) is 3.69. The maximum absolute atomic E-state index is 4.14. The standard InChI is InChI=1S/C14H12BrN5S/c15-10-5-3-9(4-6-10)12-8-11(13-2-1-7-21-13)16-14-17-18-19-20(12)14/h1-7,11-12H,8H2,(H,16,17,19). The molecule has 21 heavy (non-hydrogen) atoms. The quantitative estimate of drug-likeness (QED) is 0.756. The molecule has 0 radical (unpaired) electrons. The van der Waals surface area contributed by atoms with Crippen molar-refractivity contribution in [3.05, 3.63) is 56.7 Å². The molecule has 106 valence electrons. The fraction of sp³-hybridized carbons (Fsp3) is 0.214. The number of fused-ring (bicyclic) bond motifs is 1. The zero-order valence-electron chi connectivity index (χ0n) is 11.0. The lowest BCUT2D eigenvalue weighted by atomic mass is 9.97. The Morgan fingerprint density at radius 2 is 2.10 bits per heavy atom. The summed E-state index contributed by atoms with van der Waals surface area (Å²) in [5, 5.41) is 17.6. The SMILES string of the molecule is Brc1ccc(C2CC(c3cccs3)Nc3nnnn32)cc1. The zero-order chi connectivity index (χ0) is 14.2. The van der Waals surface area contributed by atoms with E-state index in [2.05, 4.69) is 78.6 Å². The highest BCUT2D eigenvalue weighted by Gasteiger charge is 2.30. The van der Waals surface area contributed by atoms with E-state index in [0.29, 0.717) is 0 Å². The number of aromatic nitrogens is 4. The van der Waals surface area contributed by atoms with Gasteiger partial charge in [0, 0.05) is 9.35 Å². The number of hydrogen-bond acceptors (Lipinski definition) is 5. The summed E-state index contributed by atoms with van der Waals surface area (Å²) in [5.74, 6) is 0.729. The van der Waals surface area contributed by atoms with Crippen molar-refractivity contribution in [1.82, 2.24) is 20.2 Å². The molecule has 0 fully saturated rings. The smallest absolute Gasteiger partial charge is 0.244 e. The number of rotatable bonds is 2. The van der Waals surface area contributed by atoms with Crippen LogP contribution in [0.5, 0.6) is 0 Å². The third kappa shape index (κ3) is 2.36. The molecule has 0 saturated heterocycles. The number of thiophene rings is 1. The molecule has 0 aliphatic carbocycles. The van der Waals surface area contributed by atoms with Crippen LogP contribution in [0.15, 0.2) is 46.3 Å². The fourth-order valence-corrected chi connectivity index (χ4v) is 3.73. The summed E-state index contributed by atoms with van der Waals surface area (Å²) >= 11 is 5.24. The topological polar surface area (TPSA) is 55.6 Å². The van der Waals surface area contributed by atoms with Crippen LogP contribution in [-0.4, -0.2) is 20.2 Å². The van der Waals surface area contributed by atoms with Crippen LogP contribution in [-0.2, 0) is 0 Å². The van der Waals surface area contributed by atoms with Crippen molar-refractivity contribution < 1.29 is 0 Å². The van der Waals surface area contributed by atoms with E-state index in [9.17, 15) is 0 Å². The Morgan fingerprint density at radius 3 is 2.86 bits per heavy atom. The Labute approximate surface area is 134 Å². The molecular formula is C14H12BrN5S. The molecule has 1 aromatic carbocycles. The minimum absolute atomic E-state index is 0.149.